The molecule has 2 rings (SSSR count). The average molecular weight is 260 g/mol. The number of nitrogens with zero attached hydrogens (tertiary/aromatic N) is 2. The van der Waals surface area contributed by atoms with Gasteiger partial charge in [-0.25, -0.2) is 9.97 Å². The number of anilines is 1. The van der Waals surface area contributed by atoms with Crippen molar-refractivity contribution in [1.29, 1.82) is 0 Å². The van der Waals surface area contributed by atoms with E-state index in [2.05, 4.69) is 21.9 Å². The number of aromatic nitrogens is 3. The molecule has 4 heteroatoms. The van der Waals surface area contributed by atoms with Crippen molar-refractivity contribution in [3.8, 4) is 0 Å². The standard InChI is InChI=1S/C15H24N4/c1-2-3-4-5-6-7-8-9-14-17-12-10-11-13(16)18-15(12)19-14/h10-11H,2-9H2,1H3,(H3,16,17,18,19). The zero-order valence-electron chi connectivity index (χ0n) is 11.8. The SMILES string of the molecule is CCCCCCCCCc1nc2nc(N)ccc2[nH]1. The lowest BCUT2D eigenvalue weighted by Crippen LogP contribution is -1.89. The molecule has 0 aromatic carbocycles. The molecular formula is C15H24N4. The number of nitrogens with one attached hydrogen (secondary N) is 1. The van der Waals surface area contributed by atoms with Gasteiger partial charge in [0.05, 0.1) is 5.52 Å². The van der Waals surface area contributed by atoms with Gasteiger partial charge in [0.25, 0.3) is 0 Å². The number of pyridine rings is 1. The van der Waals surface area contributed by atoms with Crippen molar-refractivity contribution < 1.29 is 0 Å². The smallest absolute Gasteiger partial charge is 0.179 e. The highest BCUT2D eigenvalue weighted by Gasteiger charge is 2.03. The van der Waals surface area contributed by atoms with Crippen molar-refractivity contribution in [2.45, 2.75) is 58.3 Å². The number of nitrogens with two attached hydrogens (primary N) is 1. The van der Waals surface area contributed by atoms with E-state index in [0.29, 0.717) is 5.82 Å². The number of hydrogen-bond donors (Lipinski definition) is 2. The van der Waals surface area contributed by atoms with E-state index in [1.807, 2.05) is 6.07 Å². The van der Waals surface area contributed by atoms with Crippen LogP contribution in [0.5, 0.6) is 0 Å². The highest BCUT2D eigenvalue weighted by molar-refractivity contribution is 5.72. The number of nitrogen functional groups attached to an aromatic ring is 1. The Hall–Kier alpha value is -1.58. The summed E-state index contributed by atoms with van der Waals surface area (Å²) in [7, 11) is 0. The van der Waals surface area contributed by atoms with Gasteiger partial charge in [-0.2, -0.15) is 0 Å². The van der Waals surface area contributed by atoms with Gasteiger partial charge in [0, 0.05) is 6.42 Å². The van der Waals surface area contributed by atoms with Crippen molar-refractivity contribution in [3.05, 3.63) is 18.0 Å². The fourth-order valence-corrected chi connectivity index (χ4v) is 2.33. The van der Waals surface area contributed by atoms with E-state index in [4.69, 9.17) is 5.73 Å². The normalized spacial score (nSPS) is 11.2. The minimum absolute atomic E-state index is 0.529. The van der Waals surface area contributed by atoms with Crippen molar-refractivity contribution in [3.63, 3.8) is 0 Å². The van der Waals surface area contributed by atoms with E-state index >= 15 is 0 Å². The lowest BCUT2D eigenvalue weighted by Gasteiger charge is -1.99. The van der Waals surface area contributed by atoms with Crippen LogP contribution in [0.4, 0.5) is 5.82 Å². The van der Waals surface area contributed by atoms with Crippen LogP contribution in [0.3, 0.4) is 0 Å². The first kappa shape index (κ1) is 13.8. The molecule has 2 aromatic heterocycles. The Morgan fingerprint density at radius 1 is 1.00 bits per heavy atom. The first-order valence-corrected chi connectivity index (χ1v) is 7.40. The molecule has 0 aliphatic rings. The van der Waals surface area contributed by atoms with Gasteiger partial charge >= 0.3 is 0 Å². The third-order valence-electron chi connectivity index (χ3n) is 3.43. The molecule has 3 N–H and O–H groups in total. The monoisotopic (exact) mass is 260 g/mol. The summed E-state index contributed by atoms with van der Waals surface area (Å²) in [5, 5.41) is 0. The van der Waals surface area contributed by atoms with Gasteiger partial charge in [0.2, 0.25) is 0 Å². The quantitative estimate of drug-likeness (QED) is 0.709. The van der Waals surface area contributed by atoms with Gasteiger partial charge < -0.3 is 10.7 Å². The molecule has 0 atom stereocenters. The number of hydrogen-bond acceptors (Lipinski definition) is 3. The summed E-state index contributed by atoms with van der Waals surface area (Å²) < 4.78 is 0. The van der Waals surface area contributed by atoms with E-state index in [1.165, 1.54) is 44.9 Å². The topological polar surface area (TPSA) is 67.6 Å². The third-order valence-corrected chi connectivity index (χ3v) is 3.43. The van der Waals surface area contributed by atoms with Gasteiger partial charge in [0.1, 0.15) is 11.6 Å². The van der Waals surface area contributed by atoms with Crippen LogP contribution in [0.15, 0.2) is 12.1 Å². The second kappa shape index (κ2) is 7.12. The number of fused-ring (bicyclic) bond motifs is 1. The third kappa shape index (κ3) is 4.23. The summed E-state index contributed by atoms with van der Waals surface area (Å²) in [4.78, 5) is 12.0. The zero-order valence-corrected chi connectivity index (χ0v) is 11.8. The van der Waals surface area contributed by atoms with Gasteiger partial charge in [0.15, 0.2) is 5.65 Å². The van der Waals surface area contributed by atoms with Crippen LogP contribution in [-0.4, -0.2) is 15.0 Å². The molecule has 2 aromatic rings. The molecule has 19 heavy (non-hydrogen) atoms. The van der Waals surface area contributed by atoms with E-state index < -0.39 is 0 Å². The predicted octanol–water partition coefficient (Wildman–Crippen LogP) is 3.83. The van der Waals surface area contributed by atoms with Crippen LogP contribution in [0.2, 0.25) is 0 Å². The van der Waals surface area contributed by atoms with Crippen LogP contribution >= 0.6 is 0 Å². The largest absolute Gasteiger partial charge is 0.384 e. The lowest BCUT2D eigenvalue weighted by molar-refractivity contribution is 0.585. The van der Waals surface area contributed by atoms with Gasteiger partial charge in [-0.3, -0.25) is 0 Å². The molecule has 4 nitrogen and oxygen atoms in total. The number of aromatic amines is 1. The number of H-pyrrole nitrogens is 1. The Morgan fingerprint density at radius 2 is 1.74 bits per heavy atom. The maximum atomic E-state index is 5.65. The first-order chi connectivity index (χ1) is 9.29. The van der Waals surface area contributed by atoms with Crippen molar-refractivity contribution in [2.75, 3.05) is 5.73 Å². The minimum Gasteiger partial charge on any atom is -0.384 e. The minimum atomic E-state index is 0.529. The molecule has 0 aliphatic heterocycles. The fourth-order valence-electron chi connectivity index (χ4n) is 2.33. The van der Waals surface area contributed by atoms with Crippen molar-refractivity contribution >= 4 is 17.0 Å². The molecule has 0 fully saturated rings. The highest BCUT2D eigenvalue weighted by Crippen LogP contribution is 2.13. The first-order valence-electron chi connectivity index (χ1n) is 7.40. The summed E-state index contributed by atoms with van der Waals surface area (Å²) >= 11 is 0. The van der Waals surface area contributed by atoms with Crippen LogP contribution in [0.1, 0.15) is 57.7 Å². The second-order valence-electron chi connectivity index (χ2n) is 5.16. The maximum Gasteiger partial charge on any atom is 0.179 e. The Kier molecular flexibility index (Phi) is 5.19. The number of rotatable bonds is 8. The van der Waals surface area contributed by atoms with E-state index in [0.717, 1.165) is 23.4 Å². The molecular weight excluding hydrogens is 236 g/mol. The molecule has 2 heterocycles. The Bertz CT molecular complexity index is 504. The molecule has 0 radical (unpaired) electrons. The summed E-state index contributed by atoms with van der Waals surface area (Å²) in [5.41, 5.74) is 7.36. The van der Waals surface area contributed by atoms with Crippen LogP contribution < -0.4 is 5.73 Å². The molecule has 0 unspecified atom stereocenters. The van der Waals surface area contributed by atoms with Crippen LogP contribution in [0, 0.1) is 0 Å². The lowest BCUT2D eigenvalue weighted by atomic mass is 10.1. The van der Waals surface area contributed by atoms with Gasteiger partial charge in [-0.05, 0) is 18.6 Å². The molecule has 0 spiro atoms. The predicted molar refractivity (Wildman–Crippen MR) is 80.0 cm³/mol. The molecule has 0 saturated heterocycles. The Labute approximate surface area is 114 Å². The number of unbranched alkanes of at least 4 members (excludes halogenated alkanes) is 6. The summed E-state index contributed by atoms with van der Waals surface area (Å²) in [6.07, 6.45) is 10.3. The van der Waals surface area contributed by atoms with Crippen molar-refractivity contribution in [1.82, 2.24) is 15.0 Å². The molecule has 0 bridgehead atoms. The average Bonchev–Trinajstić information content (AvgIpc) is 2.79. The number of imidazole rings is 1. The van der Waals surface area contributed by atoms with E-state index in [-0.39, 0.29) is 0 Å². The summed E-state index contributed by atoms with van der Waals surface area (Å²) in [5.74, 6) is 1.56. The van der Waals surface area contributed by atoms with Crippen molar-refractivity contribution in [2.24, 2.45) is 0 Å². The summed E-state index contributed by atoms with van der Waals surface area (Å²) in [6, 6.07) is 3.75. The number of aryl methyl sites for hydroxylation is 1. The van der Waals surface area contributed by atoms with E-state index in [9.17, 15) is 0 Å². The van der Waals surface area contributed by atoms with Crippen LogP contribution in [-0.2, 0) is 6.42 Å². The molecule has 104 valence electrons. The maximum absolute atomic E-state index is 5.65. The molecule has 0 amide bonds. The second-order valence-corrected chi connectivity index (χ2v) is 5.16. The molecule has 0 aliphatic carbocycles. The van der Waals surface area contributed by atoms with Gasteiger partial charge in [-0.15, -0.1) is 0 Å². The van der Waals surface area contributed by atoms with Gasteiger partial charge in [-0.1, -0.05) is 45.4 Å². The fraction of sp³-hybridized carbons (Fsp3) is 0.600. The van der Waals surface area contributed by atoms with E-state index in [1.54, 1.807) is 6.07 Å². The summed E-state index contributed by atoms with van der Waals surface area (Å²) in [6.45, 7) is 2.25. The Balaban J connectivity index is 1.72. The van der Waals surface area contributed by atoms with Crippen LogP contribution in [0.25, 0.3) is 11.2 Å². The molecule has 0 saturated carbocycles. The highest BCUT2D eigenvalue weighted by atomic mass is 15.0. The zero-order chi connectivity index (χ0) is 13.5. The Morgan fingerprint density at radius 3 is 2.53 bits per heavy atom.